The van der Waals surface area contributed by atoms with Gasteiger partial charge in [0.05, 0.1) is 21.8 Å². The minimum absolute atomic E-state index is 0.200. The van der Waals surface area contributed by atoms with Gasteiger partial charge < -0.3 is 4.90 Å². The lowest BCUT2D eigenvalue weighted by molar-refractivity contribution is -0.113. The van der Waals surface area contributed by atoms with E-state index in [0.29, 0.717) is 34.3 Å². The molecule has 5 aromatic rings. The second-order valence-electron chi connectivity index (χ2n) is 11.6. The number of benzene rings is 2. The molecule has 1 amide bonds. The van der Waals surface area contributed by atoms with Crippen molar-refractivity contribution in [2.75, 3.05) is 22.9 Å². The number of hydrogen-bond acceptors (Lipinski definition) is 7. The Kier molecular flexibility index (Phi) is 7.95. The summed E-state index contributed by atoms with van der Waals surface area (Å²) in [6.07, 6.45) is 6.24. The molecular weight excluding hydrogens is 617 g/mol. The first-order chi connectivity index (χ1) is 22.3. The van der Waals surface area contributed by atoms with E-state index in [1.54, 1.807) is 37.0 Å². The van der Waals surface area contributed by atoms with Gasteiger partial charge in [0.25, 0.3) is 17.0 Å². The van der Waals surface area contributed by atoms with E-state index >= 15 is 0 Å². The first kappa shape index (κ1) is 29.9. The molecule has 5 heterocycles. The molecule has 7 rings (SSSR count). The fourth-order valence-electron chi connectivity index (χ4n) is 6.36. The van der Waals surface area contributed by atoms with E-state index in [9.17, 15) is 14.4 Å². The molecule has 0 aliphatic carbocycles. The van der Waals surface area contributed by atoms with Gasteiger partial charge >= 0.3 is 0 Å². The van der Waals surface area contributed by atoms with Crippen LogP contribution in [-0.2, 0) is 18.3 Å². The molecule has 3 aromatic heterocycles. The number of carbonyl (C=O) groups is 1. The standard InChI is InChI=1S/C35H32N6O3S2/c1-23-30(34(44)41(37(23)2)26-13-7-4-8-14-26)40-33(43)28(46-35(40)45)22-27-31(36-29-15-9-10-18-39(29)32(27)42)38-19-16-25(17-20-38)21-24-11-5-3-6-12-24/h3-15,18,22,25H,16-17,19-21H2,1-2H3/b28-22+. The van der Waals surface area contributed by atoms with E-state index in [1.165, 1.54) is 19.5 Å². The highest BCUT2D eigenvalue weighted by Crippen LogP contribution is 2.37. The summed E-state index contributed by atoms with van der Waals surface area (Å²) in [6, 6.07) is 25.2. The third-order valence-corrected chi connectivity index (χ3v) is 10.1. The molecule has 2 fully saturated rings. The monoisotopic (exact) mass is 648 g/mol. The first-order valence-corrected chi connectivity index (χ1v) is 16.5. The zero-order valence-electron chi connectivity index (χ0n) is 25.5. The summed E-state index contributed by atoms with van der Waals surface area (Å²) in [4.78, 5) is 50.4. The summed E-state index contributed by atoms with van der Waals surface area (Å²) in [5.41, 5.74) is 3.06. The van der Waals surface area contributed by atoms with Gasteiger partial charge in [-0.1, -0.05) is 78.6 Å². The number of anilines is 2. The van der Waals surface area contributed by atoms with Crippen molar-refractivity contribution in [1.29, 1.82) is 0 Å². The minimum Gasteiger partial charge on any atom is -0.356 e. The summed E-state index contributed by atoms with van der Waals surface area (Å²) < 4.78 is 4.97. The molecule has 0 bridgehead atoms. The molecule has 2 aromatic carbocycles. The molecule has 2 aliphatic heterocycles. The van der Waals surface area contributed by atoms with Crippen LogP contribution in [0.5, 0.6) is 0 Å². The molecule has 232 valence electrons. The van der Waals surface area contributed by atoms with Crippen molar-refractivity contribution in [3.05, 3.63) is 127 Å². The van der Waals surface area contributed by atoms with Crippen molar-refractivity contribution >= 4 is 57.4 Å². The molecule has 0 saturated carbocycles. The van der Waals surface area contributed by atoms with Crippen LogP contribution in [0.15, 0.2) is 99.6 Å². The number of aromatic nitrogens is 4. The van der Waals surface area contributed by atoms with Gasteiger partial charge in [0, 0.05) is 26.3 Å². The third-order valence-electron chi connectivity index (χ3n) is 8.85. The van der Waals surface area contributed by atoms with E-state index in [2.05, 4.69) is 29.2 Å². The minimum atomic E-state index is -0.439. The molecule has 0 unspecified atom stereocenters. The Morgan fingerprint density at radius 3 is 2.30 bits per heavy atom. The first-order valence-electron chi connectivity index (χ1n) is 15.2. The number of amides is 1. The van der Waals surface area contributed by atoms with E-state index in [1.807, 2.05) is 48.5 Å². The zero-order valence-corrected chi connectivity index (χ0v) is 27.1. The lowest BCUT2D eigenvalue weighted by Gasteiger charge is -2.33. The average Bonchev–Trinajstić information content (AvgIpc) is 3.47. The molecule has 0 radical (unpaired) electrons. The molecule has 9 nitrogen and oxygen atoms in total. The second kappa shape index (κ2) is 12.2. The summed E-state index contributed by atoms with van der Waals surface area (Å²) in [5.74, 6) is 0.655. The lowest BCUT2D eigenvalue weighted by Crippen LogP contribution is -2.37. The molecule has 0 N–H and O–H groups in total. The van der Waals surface area contributed by atoms with Crippen LogP contribution in [0.25, 0.3) is 17.4 Å². The molecule has 46 heavy (non-hydrogen) atoms. The van der Waals surface area contributed by atoms with Crippen LogP contribution in [0.2, 0.25) is 0 Å². The third kappa shape index (κ3) is 5.29. The quantitative estimate of drug-likeness (QED) is 0.181. The van der Waals surface area contributed by atoms with Crippen molar-refractivity contribution in [2.24, 2.45) is 13.0 Å². The van der Waals surface area contributed by atoms with Crippen LogP contribution in [0, 0.1) is 12.8 Å². The molecule has 2 saturated heterocycles. The van der Waals surface area contributed by atoms with E-state index in [0.717, 1.165) is 44.1 Å². The fraction of sp³-hybridized carbons (Fsp3) is 0.229. The average molecular weight is 649 g/mol. The van der Waals surface area contributed by atoms with E-state index < -0.39 is 5.91 Å². The highest BCUT2D eigenvalue weighted by Gasteiger charge is 2.38. The SMILES string of the molecule is Cc1c(N2C(=O)/C(=C\c3c(N4CCC(Cc5ccccc5)CC4)nc4ccccn4c3=O)SC2=S)c(=O)n(-c2ccccc2)n1C. The largest absolute Gasteiger partial charge is 0.356 e. The smallest absolute Gasteiger partial charge is 0.296 e. The topological polar surface area (TPSA) is 84.9 Å². The van der Waals surface area contributed by atoms with Crippen molar-refractivity contribution < 1.29 is 4.79 Å². The number of piperidine rings is 1. The maximum absolute atomic E-state index is 14.0. The number of pyridine rings is 1. The lowest BCUT2D eigenvalue weighted by atomic mass is 9.90. The fourth-order valence-corrected chi connectivity index (χ4v) is 7.61. The number of hydrogen-bond donors (Lipinski definition) is 0. The van der Waals surface area contributed by atoms with E-state index in [4.69, 9.17) is 17.2 Å². The highest BCUT2D eigenvalue weighted by molar-refractivity contribution is 8.27. The van der Waals surface area contributed by atoms with Crippen LogP contribution in [0.4, 0.5) is 11.5 Å². The van der Waals surface area contributed by atoms with Crippen LogP contribution >= 0.6 is 24.0 Å². The Labute approximate surface area is 275 Å². The van der Waals surface area contributed by atoms with Crippen LogP contribution in [0.3, 0.4) is 0 Å². The summed E-state index contributed by atoms with van der Waals surface area (Å²) in [6.45, 7) is 3.28. The van der Waals surface area contributed by atoms with Crippen LogP contribution in [0.1, 0.15) is 29.7 Å². The van der Waals surface area contributed by atoms with Gasteiger partial charge in [0.2, 0.25) is 0 Å². The number of thioether (sulfide) groups is 1. The number of carbonyl (C=O) groups excluding carboxylic acids is 1. The van der Waals surface area contributed by atoms with Gasteiger partial charge in [0.15, 0.2) is 4.32 Å². The number of fused-ring (bicyclic) bond motifs is 1. The predicted octanol–water partition coefficient (Wildman–Crippen LogP) is 5.36. The van der Waals surface area contributed by atoms with Crippen molar-refractivity contribution in [2.45, 2.75) is 26.2 Å². The number of thiocarbonyl (C=S) groups is 1. The number of para-hydroxylation sites is 1. The van der Waals surface area contributed by atoms with Crippen LogP contribution in [-0.4, -0.2) is 42.1 Å². The zero-order chi connectivity index (χ0) is 31.9. The van der Waals surface area contributed by atoms with Gasteiger partial charge in [-0.25, -0.2) is 9.67 Å². The second-order valence-corrected chi connectivity index (χ2v) is 13.3. The highest BCUT2D eigenvalue weighted by atomic mass is 32.2. The Bertz CT molecular complexity index is 2130. The Morgan fingerprint density at radius 1 is 0.913 bits per heavy atom. The molecular formula is C35H32N6O3S2. The normalized spacial score (nSPS) is 16.7. The van der Waals surface area contributed by atoms with Crippen molar-refractivity contribution in [3.8, 4) is 5.69 Å². The van der Waals surface area contributed by atoms with Gasteiger partial charge in [0.1, 0.15) is 17.2 Å². The Hall–Kier alpha value is -4.74. The van der Waals surface area contributed by atoms with E-state index in [-0.39, 0.29) is 26.0 Å². The maximum Gasteiger partial charge on any atom is 0.296 e. The molecule has 0 spiro atoms. The van der Waals surface area contributed by atoms with Gasteiger partial charge in [-0.2, -0.15) is 0 Å². The summed E-state index contributed by atoms with van der Waals surface area (Å²) >= 11 is 6.76. The maximum atomic E-state index is 14.0. The molecule has 11 heteroatoms. The number of nitrogens with zero attached hydrogens (tertiary/aromatic N) is 6. The van der Waals surface area contributed by atoms with Crippen molar-refractivity contribution in [1.82, 2.24) is 18.7 Å². The predicted molar refractivity (Wildman–Crippen MR) is 188 cm³/mol. The van der Waals surface area contributed by atoms with Gasteiger partial charge in [-0.05, 0) is 68.0 Å². The Morgan fingerprint density at radius 2 is 1.59 bits per heavy atom. The number of rotatable bonds is 6. The summed E-state index contributed by atoms with van der Waals surface area (Å²) in [7, 11) is 1.78. The molecule has 2 aliphatic rings. The van der Waals surface area contributed by atoms with Crippen molar-refractivity contribution in [3.63, 3.8) is 0 Å². The Balaban J connectivity index is 1.24. The van der Waals surface area contributed by atoms with Gasteiger partial charge in [-0.3, -0.25) is 28.4 Å². The van der Waals surface area contributed by atoms with Crippen LogP contribution < -0.4 is 20.9 Å². The summed E-state index contributed by atoms with van der Waals surface area (Å²) in [5, 5.41) is 0. The van der Waals surface area contributed by atoms with Gasteiger partial charge in [-0.15, -0.1) is 0 Å². The molecule has 0 atom stereocenters.